The maximum absolute atomic E-state index is 13.6. The first-order valence-corrected chi connectivity index (χ1v) is 16.5. The number of carbonyl (C=O) groups excluding carboxylic acids is 5. The topological polar surface area (TPSA) is 175 Å². The van der Waals surface area contributed by atoms with Crippen LogP contribution in [0.5, 0.6) is 5.75 Å². The van der Waals surface area contributed by atoms with Crippen molar-refractivity contribution in [1.29, 1.82) is 0 Å². The summed E-state index contributed by atoms with van der Waals surface area (Å²) in [4.78, 5) is 67.3. The van der Waals surface area contributed by atoms with Gasteiger partial charge in [-0.15, -0.1) is 0 Å². The number of amides is 5. The summed E-state index contributed by atoms with van der Waals surface area (Å²) in [6.45, 7) is 5.41. The van der Waals surface area contributed by atoms with Crippen LogP contribution in [0.1, 0.15) is 55.1 Å². The third kappa shape index (κ3) is 10.6. The molecule has 0 saturated carbocycles. The van der Waals surface area contributed by atoms with Crippen molar-refractivity contribution in [3.05, 3.63) is 101 Å². The number of hydrogen-bond acceptors (Lipinski definition) is 7. The predicted octanol–water partition coefficient (Wildman–Crippen LogP) is 1.90. The lowest BCUT2D eigenvalue weighted by molar-refractivity contribution is -0.135. The highest BCUT2D eigenvalue weighted by Crippen LogP contribution is 2.23. The summed E-state index contributed by atoms with van der Waals surface area (Å²) in [7, 11) is 0. The molecule has 0 saturated heterocycles. The Hall–Kier alpha value is -5.30. The zero-order chi connectivity index (χ0) is 36.3. The number of halogens is 1. The van der Waals surface area contributed by atoms with E-state index in [1.165, 1.54) is 25.1 Å². The minimum absolute atomic E-state index is 0.0781. The number of rotatable bonds is 7. The molecule has 1 aliphatic heterocycles. The molecule has 12 nitrogen and oxygen atoms in total. The number of fused-ring (bicyclic) bond motifs is 1. The second-order valence-electron chi connectivity index (χ2n) is 12.9. The van der Waals surface area contributed by atoms with Crippen LogP contribution in [0.3, 0.4) is 0 Å². The molecule has 0 fully saturated rings. The van der Waals surface area contributed by atoms with Gasteiger partial charge in [0.25, 0.3) is 5.91 Å². The van der Waals surface area contributed by atoms with Gasteiger partial charge >= 0.3 is 0 Å². The molecule has 266 valence electrons. The number of hydrogen-bond donors (Lipinski definition) is 6. The van der Waals surface area contributed by atoms with Crippen molar-refractivity contribution in [1.82, 2.24) is 26.6 Å². The average molecular weight is 690 g/mol. The van der Waals surface area contributed by atoms with E-state index < -0.39 is 71.4 Å². The Kier molecular flexibility index (Phi) is 13.0. The summed E-state index contributed by atoms with van der Waals surface area (Å²) in [5.74, 6) is -3.64. The van der Waals surface area contributed by atoms with Crippen LogP contribution in [0.4, 0.5) is 4.39 Å². The Morgan fingerprint density at radius 3 is 2.32 bits per heavy atom. The van der Waals surface area contributed by atoms with Crippen LogP contribution in [-0.2, 0) is 31.0 Å². The molecule has 3 aromatic rings. The largest absolute Gasteiger partial charge is 0.493 e. The number of para-hydroxylation sites is 1. The molecular formula is C37H44FN5O7. The van der Waals surface area contributed by atoms with E-state index in [2.05, 4.69) is 26.6 Å². The van der Waals surface area contributed by atoms with Gasteiger partial charge < -0.3 is 36.4 Å². The van der Waals surface area contributed by atoms with Crippen LogP contribution in [-0.4, -0.2) is 78.6 Å². The average Bonchev–Trinajstić information content (AvgIpc) is 3.09. The number of aliphatic hydroxyl groups excluding tert-OH is 1. The lowest BCUT2D eigenvalue weighted by Crippen LogP contribution is -2.58. The fourth-order valence-corrected chi connectivity index (χ4v) is 5.39. The molecule has 4 rings (SSSR count). The van der Waals surface area contributed by atoms with Gasteiger partial charge in [0.05, 0.1) is 24.7 Å². The van der Waals surface area contributed by atoms with Crippen LogP contribution in [0.15, 0.2) is 78.9 Å². The van der Waals surface area contributed by atoms with Gasteiger partial charge in [0.2, 0.25) is 23.6 Å². The fourth-order valence-electron chi connectivity index (χ4n) is 5.39. The monoisotopic (exact) mass is 689 g/mol. The number of carbonyl (C=O) groups is 5. The zero-order valence-electron chi connectivity index (χ0n) is 28.3. The lowest BCUT2D eigenvalue weighted by atomic mass is 9.84. The highest BCUT2D eigenvalue weighted by atomic mass is 19.1. The van der Waals surface area contributed by atoms with Crippen molar-refractivity contribution in [2.24, 2.45) is 0 Å². The summed E-state index contributed by atoms with van der Waals surface area (Å²) in [6.07, 6.45) is -1.46. The number of ether oxygens (including phenoxy) is 1. The standard InChI is InChI=1S/C37H44FN5O7/c1-23(44)32-36(49)42-28(20-24-10-5-4-6-11-24)34(47)39-18-9-19-50-30-13-8-7-12-27(30)33(46)41-29(21-31(45)43-32)35(48)40-22-37(2,3)25-14-16-26(38)17-15-25/h4-8,10-17,23,28-29,32,44H,9,18-22H2,1-3H3,(H,39,47)(H,40,48)(H,41,46)(H,42,49)(H,43,45)/t23-,28+,29+,32+/m1/s1. The summed E-state index contributed by atoms with van der Waals surface area (Å²) < 4.78 is 19.4. The first-order valence-electron chi connectivity index (χ1n) is 16.5. The van der Waals surface area contributed by atoms with E-state index in [0.717, 1.165) is 11.1 Å². The molecule has 13 heteroatoms. The number of nitrogens with one attached hydrogen (secondary N) is 5. The summed E-state index contributed by atoms with van der Waals surface area (Å²) in [5.41, 5.74) is 0.997. The third-order valence-electron chi connectivity index (χ3n) is 8.35. The lowest BCUT2D eigenvalue weighted by Gasteiger charge is -2.28. The van der Waals surface area contributed by atoms with Gasteiger partial charge in [-0.2, -0.15) is 0 Å². The molecule has 1 aliphatic rings. The minimum atomic E-state index is -1.49. The van der Waals surface area contributed by atoms with Crippen molar-refractivity contribution in [3.63, 3.8) is 0 Å². The Balaban J connectivity index is 1.60. The van der Waals surface area contributed by atoms with Crippen molar-refractivity contribution >= 4 is 29.5 Å². The smallest absolute Gasteiger partial charge is 0.255 e. The predicted molar refractivity (Wildman–Crippen MR) is 184 cm³/mol. The Bertz CT molecular complexity index is 1650. The summed E-state index contributed by atoms with van der Waals surface area (Å²) in [5, 5.41) is 23.8. The maximum atomic E-state index is 13.6. The first-order chi connectivity index (χ1) is 23.8. The second kappa shape index (κ2) is 17.4. The zero-order valence-corrected chi connectivity index (χ0v) is 28.3. The molecule has 0 radical (unpaired) electrons. The van der Waals surface area contributed by atoms with Crippen LogP contribution in [0.25, 0.3) is 0 Å². The summed E-state index contributed by atoms with van der Waals surface area (Å²) in [6, 6.07) is 17.4. The van der Waals surface area contributed by atoms with Gasteiger partial charge in [-0.25, -0.2) is 4.39 Å². The Labute approximate surface area is 290 Å². The maximum Gasteiger partial charge on any atom is 0.255 e. The number of benzene rings is 3. The summed E-state index contributed by atoms with van der Waals surface area (Å²) >= 11 is 0. The molecule has 6 N–H and O–H groups in total. The molecule has 50 heavy (non-hydrogen) atoms. The van der Waals surface area contributed by atoms with E-state index in [1.807, 2.05) is 32.0 Å². The molecule has 0 spiro atoms. The van der Waals surface area contributed by atoms with Crippen molar-refractivity contribution in [3.8, 4) is 5.75 Å². The Morgan fingerprint density at radius 2 is 1.62 bits per heavy atom. The van der Waals surface area contributed by atoms with E-state index in [1.54, 1.807) is 42.5 Å². The van der Waals surface area contributed by atoms with Crippen LogP contribution < -0.4 is 31.3 Å². The van der Waals surface area contributed by atoms with Gasteiger partial charge in [-0.3, -0.25) is 24.0 Å². The molecule has 0 unspecified atom stereocenters. The molecule has 5 amide bonds. The van der Waals surface area contributed by atoms with Gasteiger partial charge in [0.15, 0.2) is 0 Å². The molecule has 0 aliphatic carbocycles. The van der Waals surface area contributed by atoms with Crippen LogP contribution in [0, 0.1) is 5.82 Å². The van der Waals surface area contributed by atoms with Gasteiger partial charge in [-0.05, 0) is 48.7 Å². The molecular weight excluding hydrogens is 645 g/mol. The van der Waals surface area contributed by atoms with E-state index in [0.29, 0.717) is 6.42 Å². The van der Waals surface area contributed by atoms with Crippen LogP contribution >= 0.6 is 0 Å². The van der Waals surface area contributed by atoms with Crippen molar-refractivity contribution < 1.29 is 38.2 Å². The van der Waals surface area contributed by atoms with Crippen molar-refractivity contribution in [2.45, 2.75) is 69.7 Å². The quantitative estimate of drug-likeness (QED) is 0.220. The second-order valence-corrected chi connectivity index (χ2v) is 12.9. The van der Waals surface area contributed by atoms with E-state index in [-0.39, 0.29) is 37.4 Å². The SMILES string of the molecule is C[C@@H](O)[C@@H]1NC(=O)C[C@@H](C(=O)NCC(C)(C)c2ccc(F)cc2)NC(=O)c2ccccc2OCCCNC(=O)[C@H](Cc2ccccc2)NC1=O. The first kappa shape index (κ1) is 37.5. The van der Waals surface area contributed by atoms with E-state index >= 15 is 0 Å². The highest BCUT2D eigenvalue weighted by Gasteiger charge is 2.33. The third-order valence-corrected chi connectivity index (χ3v) is 8.35. The minimum Gasteiger partial charge on any atom is -0.493 e. The molecule has 1 heterocycles. The van der Waals surface area contributed by atoms with E-state index in [9.17, 15) is 33.5 Å². The molecule has 0 bridgehead atoms. The fraction of sp³-hybridized carbons (Fsp3) is 0.378. The van der Waals surface area contributed by atoms with Gasteiger partial charge in [0.1, 0.15) is 29.7 Å². The van der Waals surface area contributed by atoms with E-state index in [4.69, 9.17) is 4.74 Å². The number of aliphatic hydroxyl groups is 1. The molecule has 0 aromatic heterocycles. The normalized spacial score (nSPS) is 20.3. The van der Waals surface area contributed by atoms with Gasteiger partial charge in [-0.1, -0.05) is 68.4 Å². The van der Waals surface area contributed by atoms with Crippen LogP contribution in [0.2, 0.25) is 0 Å². The molecule has 3 aromatic carbocycles. The van der Waals surface area contributed by atoms with Gasteiger partial charge in [0, 0.05) is 24.9 Å². The molecule has 4 atom stereocenters. The van der Waals surface area contributed by atoms with Crippen molar-refractivity contribution in [2.75, 3.05) is 19.7 Å². The highest BCUT2D eigenvalue weighted by molar-refractivity contribution is 6.01. The Morgan fingerprint density at radius 1 is 0.940 bits per heavy atom.